The van der Waals surface area contributed by atoms with Gasteiger partial charge in [-0.2, -0.15) is 0 Å². The van der Waals surface area contributed by atoms with E-state index in [9.17, 15) is 4.79 Å². The highest BCUT2D eigenvalue weighted by atomic mass is 16.1. The van der Waals surface area contributed by atoms with E-state index in [-0.39, 0.29) is 5.91 Å². The van der Waals surface area contributed by atoms with Crippen molar-refractivity contribution in [1.82, 2.24) is 10.2 Å². The number of nitrogens with zero attached hydrogens (tertiary/aromatic N) is 1. The monoisotopic (exact) mass is 262 g/mol. The summed E-state index contributed by atoms with van der Waals surface area (Å²) in [7, 11) is 4.12. The van der Waals surface area contributed by atoms with Crippen molar-refractivity contribution in [2.24, 2.45) is 0 Å². The van der Waals surface area contributed by atoms with Crippen molar-refractivity contribution in [3.8, 4) is 0 Å². The maximum Gasteiger partial charge on any atom is 0.220 e. The summed E-state index contributed by atoms with van der Waals surface area (Å²) in [4.78, 5) is 13.7. The smallest absolute Gasteiger partial charge is 0.220 e. The minimum absolute atomic E-state index is 0.158. The molecule has 0 saturated carbocycles. The molecule has 0 aliphatic heterocycles. The van der Waals surface area contributed by atoms with Crippen LogP contribution in [-0.4, -0.2) is 24.9 Å². The molecule has 0 bridgehead atoms. The minimum atomic E-state index is 0.158. The molecule has 0 fully saturated rings. The van der Waals surface area contributed by atoms with Gasteiger partial charge in [-0.1, -0.05) is 44.0 Å². The SMILES string of the molecule is CCCCCC(=O)NCc1ccc(CN(C)C)cc1. The molecule has 1 N–H and O–H groups in total. The maximum absolute atomic E-state index is 11.6. The number of hydrogen-bond acceptors (Lipinski definition) is 2. The van der Waals surface area contributed by atoms with Crippen LogP contribution in [0.2, 0.25) is 0 Å². The van der Waals surface area contributed by atoms with Gasteiger partial charge < -0.3 is 10.2 Å². The van der Waals surface area contributed by atoms with Gasteiger partial charge in [0.25, 0.3) is 0 Å². The van der Waals surface area contributed by atoms with Crippen molar-refractivity contribution in [2.45, 2.75) is 45.7 Å². The molecular formula is C16H26N2O. The number of nitrogens with one attached hydrogen (secondary N) is 1. The first kappa shape index (κ1) is 15.7. The highest BCUT2D eigenvalue weighted by molar-refractivity contribution is 5.75. The van der Waals surface area contributed by atoms with Crippen LogP contribution in [0.15, 0.2) is 24.3 Å². The first-order valence-corrected chi connectivity index (χ1v) is 7.11. The predicted octanol–water partition coefficient (Wildman–Crippen LogP) is 2.94. The lowest BCUT2D eigenvalue weighted by Crippen LogP contribution is -2.22. The van der Waals surface area contributed by atoms with Crippen molar-refractivity contribution in [3.05, 3.63) is 35.4 Å². The Morgan fingerprint density at radius 3 is 2.32 bits per heavy atom. The van der Waals surface area contributed by atoms with E-state index in [1.165, 1.54) is 5.56 Å². The number of carbonyl (C=O) groups is 1. The molecule has 1 rings (SSSR count). The van der Waals surface area contributed by atoms with E-state index in [4.69, 9.17) is 0 Å². The van der Waals surface area contributed by atoms with Gasteiger partial charge in [-0.05, 0) is 31.6 Å². The summed E-state index contributed by atoms with van der Waals surface area (Å²) < 4.78 is 0. The van der Waals surface area contributed by atoms with Crippen LogP contribution in [0, 0.1) is 0 Å². The van der Waals surface area contributed by atoms with Crippen LogP contribution >= 0.6 is 0 Å². The van der Waals surface area contributed by atoms with E-state index < -0.39 is 0 Å². The largest absolute Gasteiger partial charge is 0.352 e. The van der Waals surface area contributed by atoms with Crippen molar-refractivity contribution >= 4 is 5.91 Å². The fraction of sp³-hybridized carbons (Fsp3) is 0.562. The van der Waals surface area contributed by atoms with Gasteiger partial charge in [0.1, 0.15) is 0 Å². The van der Waals surface area contributed by atoms with Crippen molar-refractivity contribution in [2.75, 3.05) is 14.1 Å². The highest BCUT2D eigenvalue weighted by Gasteiger charge is 2.01. The summed E-state index contributed by atoms with van der Waals surface area (Å²) >= 11 is 0. The second-order valence-electron chi connectivity index (χ2n) is 5.29. The van der Waals surface area contributed by atoms with E-state index in [0.717, 1.165) is 31.4 Å². The molecule has 0 atom stereocenters. The molecular weight excluding hydrogens is 236 g/mol. The molecule has 0 spiro atoms. The third kappa shape index (κ3) is 6.97. The third-order valence-corrected chi connectivity index (χ3v) is 3.02. The topological polar surface area (TPSA) is 32.3 Å². The Hall–Kier alpha value is -1.35. The highest BCUT2D eigenvalue weighted by Crippen LogP contribution is 2.06. The van der Waals surface area contributed by atoms with Crippen LogP contribution in [0.5, 0.6) is 0 Å². The standard InChI is InChI=1S/C16H26N2O/c1-4-5-6-7-16(19)17-12-14-8-10-15(11-9-14)13-18(2)3/h8-11H,4-7,12-13H2,1-3H3,(H,17,19). The lowest BCUT2D eigenvalue weighted by Gasteiger charge is -2.10. The molecule has 0 saturated heterocycles. The molecule has 3 heteroatoms. The molecule has 1 aromatic rings. The molecule has 0 aliphatic rings. The molecule has 1 amide bonds. The first-order valence-electron chi connectivity index (χ1n) is 7.11. The van der Waals surface area contributed by atoms with Crippen LogP contribution in [0.1, 0.15) is 43.7 Å². The van der Waals surface area contributed by atoms with E-state index >= 15 is 0 Å². The van der Waals surface area contributed by atoms with Gasteiger partial charge in [0, 0.05) is 19.5 Å². The lowest BCUT2D eigenvalue weighted by molar-refractivity contribution is -0.121. The summed E-state index contributed by atoms with van der Waals surface area (Å²) in [6, 6.07) is 8.42. The minimum Gasteiger partial charge on any atom is -0.352 e. The van der Waals surface area contributed by atoms with Gasteiger partial charge in [0.2, 0.25) is 5.91 Å². The summed E-state index contributed by atoms with van der Waals surface area (Å²) in [6.07, 6.45) is 3.92. The Balaban J connectivity index is 2.31. The van der Waals surface area contributed by atoms with E-state index in [2.05, 4.69) is 55.5 Å². The molecule has 3 nitrogen and oxygen atoms in total. The zero-order valence-electron chi connectivity index (χ0n) is 12.4. The van der Waals surface area contributed by atoms with Crippen LogP contribution in [0.3, 0.4) is 0 Å². The van der Waals surface area contributed by atoms with E-state index in [0.29, 0.717) is 13.0 Å². The molecule has 0 aliphatic carbocycles. The molecule has 0 radical (unpaired) electrons. The Labute approximate surface area is 117 Å². The third-order valence-electron chi connectivity index (χ3n) is 3.02. The molecule has 0 aromatic heterocycles. The Kier molecular flexibility index (Phi) is 7.19. The zero-order valence-corrected chi connectivity index (χ0v) is 12.4. The predicted molar refractivity (Wildman–Crippen MR) is 79.8 cm³/mol. The van der Waals surface area contributed by atoms with Crippen LogP contribution in [0.25, 0.3) is 0 Å². The second kappa shape index (κ2) is 8.70. The molecule has 0 heterocycles. The van der Waals surface area contributed by atoms with Crippen LogP contribution < -0.4 is 5.32 Å². The Morgan fingerprint density at radius 2 is 1.74 bits per heavy atom. The molecule has 106 valence electrons. The van der Waals surface area contributed by atoms with Crippen LogP contribution in [-0.2, 0) is 17.9 Å². The average Bonchev–Trinajstić information content (AvgIpc) is 2.37. The van der Waals surface area contributed by atoms with Gasteiger partial charge in [0.15, 0.2) is 0 Å². The average molecular weight is 262 g/mol. The summed E-state index contributed by atoms with van der Waals surface area (Å²) in [5.74, 6) is 0.158. The zero-order chi connectivity index (χ0) is 14.1. The number of carbonyl (C=O) groups excluding carboxylic acids is 1. The lowest BCUT2D eigenvalue weighted by atomic mass is 10.1. The molecule has 19 heavy (non-hydrogen) atoms. The molecule has 1 aromatic carbocycles. The van der Waals surface area contributed by atoms with Crippen molar-refractivity contribution < 1.29 is 4.79 Å². The number of hydrogen-bond donors (Lipinski definition) is 1. The summed E-state index contributed by atoms with van der Waals surface area (Å²) in [6.45, 7) is 3.73. The first-order chi connectivity index (χ1) is 9.11. The number of amides is 1. The normalized spacial score (nSPS) is 10.7. The fourth-order valence-electron chi connectivity index (χ4n) is 1.95. The van der Waals surface area contributed by atoms with Gasteiger partial charge in [0.05, 0.1) is 0 Å². The maximum atomic E-state index is 11.6. The van der Waals surface area contributed by atoms with Crippen LogP contribution in [0.4, 0.5) is 0 Å². The van der Waals surface area contributed by atoms with Gasteiger partial charge in [-0.15, -0.1) is 0 Å². The van der Waals surface area contributed by atoms with Gasteiger partial charge >= 0.3 is 0 Å². The molecule has 0 unspecified atom stereocenters. The van der Waals surface area contributed by atoms with Crippen molar-refractivity contribution in [3.63, 3.8) is 0 Å². The van der Waals surface area contributed by atoms with E-state index in [1.807, 2.05) is 0 Å². The van der Waals surface area contributed by atoms with Gasteiger partial charge in [-0.25, -0.2) is 0 Å². The van der Waals surface area contributed by atoms with E-state index in [1.54, 1.807) is 0 Å². The number of rotatable bonds is 8. The number of benzene rings is 1. The van der Waals surface area contributed by atoms with Gasteiger partial charge in [-0.3, -0.25) is 4.79 Å². The fourth-order valence-corrected chi connectivity index (χ4v) is 1.95. The quantitative estimate of drug-likeness (QED) is 0.731. The van der Waals surface area contributed by atoms with Crippen molar-refractivity contribution in [1.29, 1.82) is 0 Å². The Bertz CT molecular complexity index is 371. The Morgan fingerprint density at radius 1 is 1.11 bits per heavy atom. The second-order valence-corrected chi connectivity index (χ2v) is 5.29. The summed E-state index contributed by atoms with van der Waals surface area (Å²) in [5, 5.41) is 2.97. The summed E-state index contributed by atoms with van der Waals surface area (Å²) in [5.41, 5.74) is 2.45. The number of unbranched alkanes of at least 4 members (excludes halogenated alkanes) is 2.